The van der Waals surface area contributed by atoms with Crippen molar-refractivity contribution in [2.45, 2.75) is 26.7 Å². The quantitative estimate of drug-likeness (QED) is 0.792. The van der Waals surface area contributed by atoms with Gasteiger partial charge in [-0.25, -0.2) is 4.98 Å². The molecule has 4 nitrogen and oxygen atoms in total. The first-order chi connectivity index (χ1) is 10.2. The first-order valence-electron chi connectivity index (χ1n) is 7.27. The van der Waals surface area contributed by atoms with Gasteiger partial charge in [-0.3, -0.25) is 4.79 Å². The minimum atomic E-state index is -0.194. The van der Waals surface area contributed by atoms with E-state index in [9.17, 15) is 4.79 Å². The van der Waals surface area contributed by atoms with Crippen LogP contribution in [0.2, 0.25) is 0 Å². The van der Waals surface area contributed by atoms with Gasteiger partial charge in [0.05, 0.1) is 11.9 Å². The summed E-state index contributed by atoms with van der Waals surface area (Å²) in [6.07, 6.45) is 3.97. The number of nitrogens with zero attached hydrogens (tertiary/aromatic N) is 1. The highest BCUT2D eigenvalue weighted by atomic mass is 16.1. The molecule has 0 radical (unpaired) electrons. The lowest BCUT2D eigenvalue weighted by Crippen LogP contribution is -2.13. The fraction of sp³-hybridized carbons (Fsp3) is 0.294. The summed E-state index contributed by atoms with van der Waals surface area (Å²) >= 11 is 0. The standard InChI is InChI=1S/C17H21N3O/c1-3-4-10-18-15-8-9-16(19-12-15)17(21)20-14-7-5-6-13(2)11-14/h5-9,11-12,18H,3-4,10H2,1-2H3,(H,20,21). The molecule has 0 saturated heterocycles. The van der Waals surface area contributed by atoms with Crippen molar-refractivity contribution in [3.8, 4) is 0 Å². The Balaban J connectivity index is 1.96. The molecular weight excluding hydrogens is 262 g/mol. The topological polar surface area (TPSA) is 54.0 Å². The smallest absolute Gasteiger partial charge is 0.274 e. The summed E-state index contributed by atoms with van der Waals surface area (Å²) in [7, 11) is 0. The Morgan fingerprint density at radius 3 is 2.71 bits per heavy atom. The van der Waals surface area contributed by atoms with E-state index in [1.54, 1.807) is 12.3 Å². The average molecular weight is 283 g/mol. The van der Waals surface area contributed by atoms with Gasteiger partial charge >= 0.3 is 0 Å². The van der Waals surface area contributed by atoms with Crippen molar-refractivity contribution < 1.29 is 4.79 Å². The van der Waals surface area contributed by atoms with Crippen LogP contribution in [0.4, 0.5) is 11.4 Å². The van der Waals surface area contributed by atoms with Crippen LogP contribution in [0.25, 0.3) is 0 Å². The third-order valence-electron chi connectivity index (χ3n) is 3.13. The highest BCUT2D eigenvalue weighted by Crippen LogP contribution is 2.12. The van der Waals surface area contributed by atoms with E-state index in [-0.39, 0.29) is 5.91 Å². The van der Waals surface area contributed by atoms with Crippen LogP contribution in [0.5, 0.6) is 0 Å². The van der Waals surface area contributed by atoms with Crippen molar-refractivity contribution in [2.24, 2.45) is 0 Å². The molecule has 110 valence electrons. The van der Waals surface area contributed by atoms with E-state index in [1.807, 2.05) is 37.3 Å². The Morgan fingerprint density at radius 1 is 1.19 bits per heavy atom. The molecule has 0 bridgehead atoms. The summed E-state index contributed by atoms with van der Waals surface area (Å²) in [5.41, 5.74) is 3.25. The number of benzene rings is 1. The first kappa shape index (κ1) is 15.0. The van der Waals surface area contributed by atoms with Gasteiger partial charge in [0, 0.05) is 12.2 Å². The number of pyridine rings is 1. The molecule has 2 N–H and O–H groups in total. The highest BCUT2D eigenvalue weighted by Gasteiger charge is 2.07. The van der Waals surface area contributed by atoms with E-state index in [4.69, 9.17) is 0 Å². The summed E-state index contributed by atoms with van der Waals surface area (Å²) in [4.78, 5) is 16.3. The lowest BCUT2D eigenvalue weighted by molar-refractivity contribution is 0.102. The van der Waals surface area contributed by atoms with Gasteiger partial charge in [0.1, 0.15) is 5.69 Å². The zero-order valence-corrected chi connectivity index (χ0v) is 12.5. The highest BCUT2D eigenvalue weighted by molar-refractivity contribution is 6.02. The number of aromatic nitrogens is 1. The van der Waals surface area contributed by atoms with E-state index in [1.165, 1.54) is 0 Å². The molecular formula is C17H21N3O. The number of unbranched alkanes of at least 4 members (excludes halogenated alkanes) is 1. The normalized spacial score (nSPS) is 10.2. The van der Waals surface area contributed by atoms with Gasteiger partial charge in [0.25, 0.3) is 5.91 Å². The SMILES string of the molecule is CCCCNc1ccc(C(=O)Nc2cccc(C)c2)nc1. The van der Waals surface area contributed by atoms with Gasteiger partial charge in [-0.05, 0) is 43.2 Å². The van der Waals surface area contributed by atoms with Crippen molar-refractivity contribution in [1.29, 1.82) is 0 Å². The molecule has 2 rings (SSSR count). The molecule has 1 heterocycles. The van der Waals surface area contributed by atoms with Gasteiger partial charge in [0.2, 0.25) is 0 Å². The van der Waals surface area contributed by atoms with E-state index < -0.39 is 0 Å². The first-order valence-corrected chi connectivity index (χ1v) is 7.27. The minimum absolute atomic E-state index is 0.194. The Labute approximate surface area is 125 Å². The molecule has 0 fully saturated rings. The van der Waals surface area contributed by atoms with Crippen LogP contribution in [-0.2, 0) is 0 Å². The number of hydrogen-bond donors (Lipinski definition) is 2. The Hall–Kier alpha value is -2.36. The molecule has 2 aromatic rings. The molecule has 1 aromatic heterocycles. The molecule has 4 heteroatoms. The molecule has 1 aromatic carbocycles. The number of aryl methyl sites for hydroxylation is 1. The molecule has 0 spiro atoms. The Bertz CT molecular complexity index is 593. The van der Waals surface area contributed by atoms with Crippen molar-refractivity contribution in [2.75, 3.05) is 17.2 Å². The lowest BCUT2D eigenvalue weighted by atomic mass is 10.2. The van der Waals surface area contributed by atoms with E-state index >= 15 is 0 Å². The molecule has 0 unspecified atom stereocenters. The van der Waals surface area contributed by atoms with Gasteiger partial charge in [-0.1, -0.05) is 25.5 Å². The van der Waals surface area contributed by atoms with Crippen LogP contribution >= 0.6 is 0 Å². The summed E-state index contributed by atoms with van der Waals surface area (Å²) in [6.45, 7) is 5.07. The summed E-state index contributed by atoms with van der Waals surface area (Å²) in [6, 6.07) is 11.3. The van der Waals surface area contributed by atoms with Gasteiger partial charge in [0.15, 0.2) is 0 Å². The van der Waals surface area contributed by atoms with Gasteiger partial charge in [-0.2, -0.15) is 0 Å². The van der Waals surface area contributed by atoms with Crippen LogP contribution in [0.15, 0.2) is 42.6 Å². The lowest BCUT2D eigenvalue weighted by Gasteiger charge is -2.07. The van der Waals surface area contributed by atoms with Gasteiger partial charge in [-0.15, -0.1) is 0 Å². The second kappa shape index (κ2) is 7.43. The third-order valence-corrected chi connectivity index (χ3v) is 3.13. The fourth-order valence-corrected chi connectivity index (χ4v) is 1.96. The number of carbonyl (C=O) groups is 1. The van der Waals surface area contributed by atoms with Crippen LogP contribution < -0.4 is 10.6 Å². The van der Waals surface area contributed by atoms with Crippen molar-refractivity contribution >= 4 is 17.3 Å². The van der Waals surface area contributed by atoms with Crippen LogP contribution in [-0.4, -0.2) is 17.4 Å². The monoisotopic (exact) mass is 283 g/mol. The maximum atomic E-state index is 12.1. The Kier molecular flexibility index (Phi) is 5.32. The van der Waals surface area contributed by atoms with Crippen LogP contribution in [0.3, 0.4) is 0 Å². The number of hydrogen-bond acceptors (Lipinski definition) is 3. The molecule has 0 aliphatic rings. The predicted molar refractivity (Wildman–Crippen MR) is 86.8 cm³/mol. The second-order valence-electron chi connectivity index (χ2n) is 5.04. The third kappa shape index (κ3) is 4.60. The Morgan fingerprint density at radius 2 is 2.05 bits per heavy atom. The van der Waals surface area contributed by atoms with E-state index in [2.05, 4.69) is 22.5 Å². The van der Waals surface area contributed by atoms with Crippen LogP contribution in [0, 0.1) is 6.92 Å². The molecule has 0 saturated carbocycles. The minimum Gasteiger partial charge on any atom is -0.384 e. The van der Waals surface area contributed by atoms with Gasteiger partial charge < -0.3 is 10.6 Å². The maximum absolute atomic E-state index is 12.1. The summed E-state index contributed by atoms with van der Waals surface area (Å²) in [5.74, 6) is -0.194. The molecule has 0 aliphatic carbocycles. The van der Waals surface area contributed by atoms with Crippen molar-refractivity contribution in [1.82, 2.24) is 4.98 Å². The van der Waals surface area contributed by atoms with Crippen molar-refractivity contribution in [3.63, 3.8) is 0 Å². The zero-order valence-electron chi connectivity index (χ0n) is 12.5. The second-order valence-corrected chi connectivity index (χ2v) is 5.04. The van der Waals surface area contributed by atoms with E-state index in [0.717, 1.165) is 36.3 Å². The number of rotatable bonds is 6. The molecule has 21 heavy (non-hydrogen) atoms. The van der Waals surface area contributed by atoms with Crippen molar-refractivity contribution in [3.05, 3.63) is 53.9 Å². The van der Waals surface area contributed by atoms with Crippen LogP contribution in [0.1, 0.15) is 35.8 Å². The van der Waals surface area contributed by atoms with E-state index in [0.29, 0.717) is 5.69 Å². The number of anilines is 2. The summed E-state index contributed by atoms with van der Waals surface area (Å²) < 4.78 is 0. The average Bonchev–Trinajstić information content (AvgIpc) is 2.48. The summed E-state index contributed by atoms with van der Waals surface area (Å²) in [5, 5.41) is 6.12. The molecule has 1 amide bonds. The molecule has 0 aliphatic heterocycles. The largest absolute Gasteiger partial charge is 0.384 e. The maximum Gasteiger partial charge on any atom is 0.274 e. The fourth-order valence-electron chi connectivity index (χ4n) is 1.96. The number of amides is 1. The number of nitrogens with one attached hydrogen (secondary N) is 2. The number of carbonyl (C=O) groups excluding carboxylic acids is 1. The predicted octanol–water partition coefficient (Wildman–Crippen LogP) is 3.85. The molecule has 0 atom stereocenters. The zero-order chi connectivity index (χ0) is 15.1.